The molecule has 0 heterocycles. The van der Waals surface area contributed by atoms with Crippen LogP contribution >= 0.6 is 0 Å². The highest BCUT2D eigenvalue weighted by Crippen LogP contribution is 2.24. The second kappa shape index (κ2) is 4.84. The number of carbonyl (C=O) groups is 1. The van der Waals surface area contributed by atoms with E-state index in [9.17, 15) is 13.6 Å². The molecule has 1 N–H and O–H groups in total. The molecule has 0 aliphatic heterocycles. The van der Waals surface area contributed by atoms with Crippen molar-refractivity contribution in [2.24, 2.45) is 0 Å². The predicted octanol–water partition coefficient (Wildman–Crippen LogP) is 1.43. The van der Waals surface area contributed by atoms with Gasteiger partial charge in [-0.1, -0.05) is 0 Å². The molecule has 0 aromatic heterocycles. The van der Waals surface area contributed by atoms with E-state index in [2.05, 4.69) is 10.1 Å². The normalized spacial score (nSPS) is 12.3. The number of hydrogen-bond acceptors (Lipinski definition) is 3. The van der Waals surface area contributed by atoms with Crippen LogP contribution in [0.2, 0.25) is 0 Å². The van der Waals surface area contributed by atoms with Gasteiger partial charge in [0, 0.05) is 11.6 Å². The summed E-state index contributed by atoms with van der Waals surface area (Å²) < 4.78 is 31.2. The van der Waals surface area contributed by atoms with Crippen molar-refractivity contribution < 1.29 is 18.3 Å². The van der Waals surface area contributed by atoms with Gasteiger partial charge in [0.2, 0.25) is 0 Å². The Bertz CT molecular complexity index is 369. The molecular formula is C10H11F2NO2. The second-order valence-electron chi connectivity index (χ2n) is 2.91. The van der Waals surface area contributed by atoms with E-state index < -0.39 is 17.7 Å². The van der Waals surface area contributed by atoms with Gasteiger partial charge in [-0.3, -0.25) is 0 Å². The number of aldehydes is 1. The quantitative estimate of drug-likeness (QED) is 0.772. The molecule has 0 fully saturated rings. The topological polar surface area (TPSA) is 38.3 Å². The highest BCUT2D eigenvalue weighted by atomic mass is 19.1. The van der Waals surface area contributed by atoms with E-state index in [1.807, 2.05) is 0 Å². The van der Waals surface area contributed by atoms with Crippen molar-refractivity contribution in [3.05, 3.63) is 29.3 Å². The molecule has 3 nitrogen and oxygen atoms in total. The number of rotatable bonds is 4. The first-order chi connectivity index (χ1) is 7.13. The minimum absolute atomic E-state index is 0.0363. The van der Waals surface area contributed by atoms with Gasteiger partial charge in [-0.05, 0) is 13.1 Å². The minimum atomic E-state index is -0.856. The number of hydrogen-bond donors (Lipinski definition) is 1. The zero-order valence-electron chi connectivity index (χ0n) is 8.38. The molecule has 15 heavy (non-hydrogen) atoms. The van der Waals surface area contributed by atoms with Gasteiger partial charge in [0.05, 0.1) is 13.2 Å². The van der Waals surface area contributed by atoms with Crippen LogP contribution in [-0.4, -0.2) is 20.4 Å². The zero-order valence-corrected chi connectivity index (χ0v) is 8.38. The molecule has 82 valence electrons. The number of nitrogens with one attached hydrogen (secondary N) is 1. The lowest BCUT2D eigenvalue weighted by atomic mass is 10.1. The Morgan fingerprint density at radius 3 is 2.53 bits per heavy atom. The monoisotopic (exact) mass is 215 g/mol. The standard InChI is InChI=1S/C10H11F2NO2/c1-13-9(5-14)6-3-8(12)10(15-2)4-7(6)11/h3-5,9,13H,1-2H3. The summed E-state index contributed by atoms with van der Waals surface area (Å²) in [6, 6.07) is 1.01. The predicted molar refractivity (Wildman–Crippen MR) is 50.8 cm³/mol. The Balaban J connectivity index is 3.20. The van der Waals surface area contributed by atoms with Crippen molar-refractivity contribution in [3.63, 3.8) is 0 Å². The van der Waals surface area contributed by atoms with Crippen LogP contribution in [0.25, 0.3) is 0 Å². The van der Waals surface area contributed by atoms with Crippen LogP contribution in [0.4, 0.5) is 8.78 Å². The smallest absolute Gasteiger partial charge is 0.165 e. The molecule has 0 saturated carbocycles. The van der Waals surface area contributed by atoms with Crippen LogP contribution in [0.15, 0.2) is 12.1 Å². The summed E-state index contributed by atoms with van der Waals surface area (Å²) >= 11 is 0. The van der Waals surface area contributed by atoms with Crippen molar-refractivity contribution >= 4 is 6.29 Å². The minimum Gasteiger partial charge on any atom is -0.494 e. The first-order valence-electron chi connectivity index (χ1n) is 4.29. The van der Waals surface area contributed by atoms with Crippen molar-refractivity contribution in [2.75, 3.05) is 14.2 Å². The molecule has 0 aliphatic carbocycles. The lowest BCUT2D eigenvalue weighted by molar-refractivity contribution is -0.109. The molecule has 0 radical (unpaired) electrons. The number of methoxy groups -OCH3 is 1. The van der Waals surface area contributed by atoms with Gasteiger partial charge in [0.15, 0.2) is 11.6 Å². The molecule has 1 atom stereocenters. The van der Waals surface area contributed by atoms with E-state index >= 15 is 0 Å². The highest BCUT2D eigenvalue weighted by Gasteiger charge is 2.16. The van der Waals surface area contributed by atoms with Gasteiger partial charge in [0.25, 0.3) is 0 Å². The van der Waals surface area contributed by atoms with E-state index in [0.29, 0.717) is 6.29 Å². The maximum absolute atomic E-state index is 13.4. The molecule has 5 heteroatoms. The highest BCUT2D eigenvalue weighted by molar-refractivity contribution is 5.61. The third-order valence-corrected chi connectivity index (χ3v) is 2.05. The Hall–Kier alpha value is -1.49. The summed E-state index contributed by atoms with van der Waals surface area (Å²) in [6.07, 6.45) is 0.504. The third kappa shape index (κ3) is 2.30. The van der Waals surface area contributed by atoms with Crippen LogP contribution < -0.4 is 10.1 Å². The third-order valence-electron chi connectivity index (χ3n) is 2.05. The molecule has 1 rings (SSSR count). The van der Waals surface area contributed by atoms with Crippen LogP contribution in [0, 0.1) is 11.6 Å². The van der Waals surface area contributed by atoms with Crippen molar-refractivity contribution in [1.29, 1.82) is 0 Å². The summed E-state index contributed by atoms with van der Waals surface area (Å²) in [6.45, 7) is 0. The first kappa shape index (κ1) is 11.6. The molecule has 1 unspecified atom stereocenters. The van der Waals surface area contributed by atoms with Gasteiger partial charge >= 0.3 is 0 Å². The summed E-state index contributed by atoms with van der Waals surface area (Å²) in [7, 11) is 2.73. The van der Waals surface area contributed by atoms with Crippen LogP contribution in [0.5, 0.6) is 5.75 Å². The molecule has 1 aromatic rings. The SMILES string of the molecule is CNC(C=O)c1cc(F)c(OC)cc1F. The number of likely N-dealkylation sites (N-methyl/N-ethyl adjacent to an activating group) is 1. The molecule has 0 amide bonds. The largest absolute Gasteiger partial charge is 0.494 e. The lowest BCUT2D eigenvalue weighted by Crippen LogP contribution is -2.19. The lowest BCUT2D eigenvalue weighted by Gasteiger charge is -2.12. The number of benzene rings is 1. The summed E-state index contributed by atoms with van der Waals surface area (Å²) in [5.41, 5.74) is -0.0363. The van der Waals surface area contributed by atoms with E-state index in [0.717, 1.165) is 12.1 Å². The second-order valence-corrected chi connectivity index (χ2v) is 2.91. The fourth-order valence-corrected chi connectivity index (χ4v) is 1.24. The van der Waals surface area contributed by atoms with Gasteiger partial charge in [-0.15, -0.1) is 0 Å². The fourth-order valence-electron chi connectivity index (χ4n) is 1.24. The van der Waals surface area contributed by atoms with Gasteiger partial charge < -0.3 is 14.8 Å². The molecular weight excluding hydrogens is 204 g/mol. The van der Waals surface area contributed by atoms with Gasteiger partial charge in [-0.25, -0.2) is 8.78 Å². The van der Waals surface area contributed by atoms with Crippen LogP contribution in [0.1, 0.15) is 11.6 Å². The Morgan fingerprint density at radius 1 is 1.40 bits per heavy atom. The fraction of sp³-hybridized carbons (Fsp3) is 0.300. The Labute approximate surface area is 86.0 Å². The molecule has 1 aromatic carbocycles. The summed E-state index contributed by atoms with van der Waals surface area (Å²) in [5.74, 6) is -1.56. The maximum Gasteiger partial charge on any atom is 0.165 e. The summed E-state index contributed by atoms with van der Waals surface area (Å²) in [4.78, 5) is 10.6. The first-order valence-corrected chi connectivity index (χ1v) is 4.29. The van der Waals surface area contributed by atoms with Crippen LogP contribution in [-0.2, 0) is 4.79 Å². The van der Waals surface area contributed by atoms with E-state index in [4.69, 9.17) is 0 Å². The zero-order chi connectivity index (χ0) is 11.4. The Morgan fingerprint density at radius 2 is 2.07 bits per heavy atom. The van der Waals surface area contributed by atoms with Gasteiger partial charge in [-0.2, -0.15) is 0 Å². The average molecular weight is 215 g/mol. The average Bonchev–Trinajstić information content (AvgIpc) is 2.24. The van der Waals surface area contributed by atoms with E-state index in [1.54, 1.807) is 0 Å². The number of ether oxygens (including phenoxy) is 1. The molecule has 0 bridgehead atoms. The van der Waals surface area contributed by atoms with Gasteiger partial charge in [0.1, 0.15) is 12.1 Å². The number of carbonyl (C=O) groups excluding carboxylic acids is 1. The number of halogens is 2. The van der Waals surface area contributed by atoms with Crippen LogP contribution in [0.3, 0.4) is 0 Å². The molecule has 0 saturated heterocycles. The maximum atomic E-state index is 13.4. The summed E-state index contributed by atoms with van der Waals surface area (Å²) in [5, 5.41) is 2.56. The van der Waals surface area contributed by atoms with Crippen molar-refractivity contribution in [2.45, 2.75) is 6.04 Å². The van der Waals surface area contributed by atoms with E-state index in [-0.39, 0.29) is 11.3 Å². The van der Waals surface area contributed by atoms with Crippen molar-refractivity contribution in [1.82, 2.24) is 5.32 Å². The van der Waals surface area contributed by atoms with Crippen molar-refractivity contribution in [3.8, 4) is 5.75 Å². The van der Waals surface area contributed by atoms with E-state index in [1.165, 1.54) is 14.2 Å². The molecule has 0 aliphatic rings. The molecule has 0 spiro atoms. The Kier molecular flexibility index (Phi) is 3.74.